The van der Waals surface area contributed by atoms with E-state index in [4.69, 9.17) is 4.52 Å². The van der Waals surface area contributed by atoms with Crippen molar-refractivity contribution in [3.05, 3.63) is 41.7 Å². The third-order valence-corrected chi connectivity index (χ3v) is 4.07. The minimum Gasteiger partial charge on any atom is -0.360 e. The molecule has 1 heterocycles. The van der Waals surface area contributed by atoms with E-state index in [-0.39, 0.29) is 24.1 Å². The molecule has 28 heavy (non-hydrogen) atoms. The lowest BCUT2D eigenvalue weighted by atomic mass is 10.1. The van der Waals surface area contributed by atoms with Crippen LogP contribution < -0.4 is 10.6 Å². The first-order valence-electron chi connectivity index (χ1n) is 8.58. The maximum atomic E-state index is 13.1. The molecule has 3 amide bonds. The summed E-state index contributed by atoms with van der Waals surface area (Å²) in [7, 11) is 0. The average Bonchev–Trinajstić information content (AvgIpc) is 3.03. The zero-order valence-corrected chi connectivity index (χ0v) is 15.6. The van der Waals surface area contributed by atoms with Crippen LogP contribution in [0.3, 0.4) is 0 Å². The Labute approximate surface area is 159 Å². The van der Waals surface area contributed by atoms with Crippen molar-refractivity contribution < 1.29 is 27.3 Å². The SMILES string of the molecule is CCC(C)N(CC(=O)Nc1cc(C)on1)C(=O)Nc1ccccc1C(F)(F)F. The second-order valence-electron chi connectivity index (χ2n) is 6.23. The van der Waals surface area contributed by atoms with Gasteiger partial charge in [0.25, 0.3) is 0 Å². The van der Waals surface area contributed by atoms with Gasteiger partial charge in [0.05, 0.1) is 11.3 Å². The van der Waals surface area contributed by atoms with Crippen LogP contribution in [-0.4, -0.2) is 34.6 Å². The van der Waals surface area contributed by atoms with Gasteiger partial charge in [-0.15, -0.1) is 0 Å². The highest BCUT2D eigenvalue weighted by atomic mass is 19.4. The van der Waals surface area contributed by atoms with Crippen LogP contribution >= 0.6 is 0 Å². The van der Waals surface area contributed by atoms with Crippen LogP contribution in [0, 0.1) is 6.92 Å². The molecule has 152 valence electrons. The molecule has 0 saturated heterocycles. The van der Waals surface area contributed by atoms with Gasteiger partial charge in [-0.2, -0.15) is 13.2 Å². The highest BCUT2D eigenvalue weighted by Crippen LogP contribution is 2.34. The van der Waals surface area contributed by atoms with Crippen molar-refractivity contribution >= 4 is 23.4 Å². The van der Waals surface area contributed by atoms with Gasteiger partial charge in [-0.1, -0.05) is 24.2 Å². The molecule has 0 radical (unpaired) electrons. The predicted octanol–water partition coefficient (Wildman–Crippen LogP) is 4.27. The van der Waals surface area contributed by atoms with Crippen molar-refractivity contribution in [1.82, 2.24) is 10.1 Å². The average molecular weight is 398 g/mol. The van der Waals surface area contributed by atoms with Crippen molar-refractivity contribution in [2.75, 3.05) is 17.2 Å². The van der Waals surface area contributed by atoms with Gasteiger partial charge in [0, 0.05) is 12.1 Å². The van der Waals surface area contributed by atoms with Crippen LogP contribution in [0.15, 0.2) is 34.9 Å². The van der Waals surface area contributed by atoms with Gasteiger partial charge in [-0.25, -0.2) is 4.79 Å². The number of para-hydroxylation sites is 1. The molecule has 0 fully saturated rings. The van der Waals surface area contributed by atoms with Crippen LogP contribution in [0.2, 0.25) is 0 Å². The first-order valence-corrected chi connectivity index (χ1v) is 8.58. The fourth-order valence-electron chi connectivity index (χ4n) is 2.44. The zero-order chi connectivity index (χ0) is 20.9. The van der Waals surface area contributed by atoms with Crippen molar-refractivity contribution in [1.29, 1.82) is 0 Å². The number of nitrogens with one attached hydrogen (secondary N) is 2. The molecule has 1 aromatic carbocycles. The van der Waals surface area contributed by atoms with Gasteiger partial charge < -0.3 is 20.1 Å². The lowest BCUT2D eigenvalue weighted by Gasteiger charge is -2.28. The van der Waals surface area contributed by atoms with Crippen LogP contribution in [0.25, 0.3) is 0 Å². The smallest absolute Gasteiger partial charge is 0.360 e. The van der Waals surface area contributed by atoms with E-state index in [1.54, 1.807) is 20.8 Å². The number of carbonyl (C=O) groups excluding carboxylic acids is 2. The molecule has 0 aliphatic rings. The molecule has 1 atom stereocenters. The number of hydrogen-bond donors (Lipinski definition) is 2. The number of amides is 3. The Morgan fingerprint density at radius 1 is 1.25 bits per heavy atom. The molecule has 1 unspecified atom stereocenters. The number of alkyl halides is 3. The molecule has 7 nitrogen and oxygen atoms in total. The molecule has 0 spiro atoms. The number of nitrogens with zero attached hydrogens (tertiary/aromatic N) is 2. The first-order chi connectivity index (χ1) is 13.1. The van der Waals surface area contributed by atoms with E-state index in [2.05, 4.69) is 15.8 Å². The Bertz CT molecular complexity index is 835. The maximum Gasteiger partial charge on any atom is 0.418 e. The minimum absolute atomic E-state index is 0.189. The van der Waals surface area contributed by atoms with E-state index < -0.39 is 23.7 Å². The van der Waals surface area contributed by atoms with E-state index in [9.17, 15) is 22.8 Å². The third kappa shape index (κ3) is 5.48. The molecule has 2 aromatic rings. The first kappa shape index (κ1) is 21.3. The van der Waals surface area contributed by atoms with Crippen LogP contribution in [0.4, 0.5) is 29.5 Å². The van der Waals surface area contributed by atoms with Gasteiger partial charge in [0.1, 0.15) is 12.3 Å². The Morgan fingerprint density at radius 3 is 2.50 bits per heavy atom. The van der Waals surface area contributed by atoms with E-state index in [0.29, 0.717) is 12.2 Å². The largest absolute Gasteiger partial charge is 0.418 e. The number of urea groups is 1. The molecular formula is C18H21F3N4O3. The number of anilines is 2. The summed E-state index contributed by atoms with van der Waals surface area (Å²) in [5.74, 6) is 0.137. The van der Waals surface area contributed by atoms with Gasteiger partial charge in [0.15, 0.2) is 5.82 Å². The van der Waals surface area contributed by atoms with Crippen molar-refractivity contribution in [3.8, 4) is 0 Å². The Balaban J connectivity index is 2.15. The van der Waals surface area contributed by atoms with E-state index in [0.717, 1.165) is 17.0 Å². The molecule has 0 bridgehead atoms. The lowest BCUT2D eigenvalue weighted by Crippen LogP contribution is -2.45. The fourth-order valence-corrected chi connectivity index (χ4v) is 2.44. The van der Waals surface area contributed by atoms with E-state index >= 15 is 0 Å². The Morgan fingerprint density at radius 2 is 1.93 bits per heavy atom. The molecule has 10 heteroatoms. The lowest BCUT2D eigenvalue weighted by molar-refractivity contribution is -0.137. The third-order valence-electron chi connectivity index (χ3n) is 4.07. The molecule has 1 aromatic heterocycles. The number of rotatable bonds is 6. The fraction of sp³-hybridized carbons (Fsp3) is 0.389. The van der Waals surface area contributed by atoms with Crippen LogP contribution in [-0.2, 0) is 11.0 Å². The summed E-state index contributed by atoms with van der Waals surface area (Å²) >= 11 is 0. The van der Waals surface area contributed by atoms with Crippen LogP contribution in [0.1, 0.15) is 31.6 Å². The number of carbonyl (C=O) groups is 2. The number of benzene rings is 1. The van der Waals surface area contributed by atoms with Gasteiger partial charge in [0.2, 0.25) is 5.91 Å². The highest BCUT2D eigenvalue weighted by molar-refractivity contribution is 5.97. The van der Waals surface area contributed by atoms with Gasteiger partial charge in [-0.05, 0) is 32.4 Å². The highest BCUT2D eigenvalue weighted by Gasteiger charge is 2.34. The number of aromatic nitrogens is 1. The summed E-state index contributed by atoms with van der Waals surface area (Å²) in [5.41, 5.74) is -1.34. The number of halogens is 3. The summed E-state index contributed by atoms with van der Waals surface area (Å²) in [6.45, 7) is 4.79. The van der Waals surface area contributed by atoms with E-state index in [1.807, 2.05) is 0 Å². The summed E-state index contributed by atoms with van der Waals surface area (Å²) in [6.07, 6.45) is -4.11. The quantitative estimate of drug-likeness (QED) is 0.761. The monoisotopic (exact) mass is 398 g/mol. The standard InChI is InChI=1S/C18H21F3N4O3/c1-4-11(2)25(10-16(26)23-15-9-12(3)28-24-15)17(27)22-14-8-6-5-7-13(14)18(19,20)21/h5-9,11H,4,10H2,1-3H3,(H,22,27)(H,23,24,26). The van der Waals surface area contributed by atoms with Crippen molar-refractivity contribution in [2.24, 2.45) is 0 Å². The Kier molecular flexibility index (Phi) is 6.66. The second kappa shape index (κ2) is 8.77. The summed E-state index contributed by atoms with van der Waals surface area (Å²) in [5, 5.41) is 8.37. The number of aryl methyl sites for hydroxylation is 1. The summed E-state index contributed by atoms with van der Waals surface area (Å²) < 4.78 is 44.2. The second-order valence-corrected chi connectivity index (χ2v) is 6.23. The molecule has 0 saturated carbocycles. The molecule has 2 rings (SSSR count). The van der Waals surface area contributed by atoms with Crippen molar-refractivity contribution in [2.45, 2.75) is 39.4 Å². The summed E-state index contributed by atoms with van der Waals surface area (Å²) in [6, 6.07) is 4.97. The topological polar surface area (TPSA) is 87.5 Å². The van der Waals surface area contributed by atoms with E-state index in [1.165, 1.54) is 18.2 Å². The normalized spacial score (nSPS) is 12.4. The molecule has 0 aliphatic heterocycles. The van der Waals surface area contributed by atoms with Crippen molar-refractivity contribution in [3.63, 3.8) is 0 Å². The predicted molar refractivity (Wildman–Crippen MR) is 96.8 cm³/mol. The van der Waals surface area contributed by atoms with Gasteiger partial charge >= 0.3 is 12.2 Å². The maximum absolute atomic E-state index is 13.1. The minimum atomic E-state index is -4.62. The Hall–Kier alpha value is -3.04. The summed E-state index contributed by atoms with van der Waals surface area (Å²) in [4.78, 5) is 26.0. The molecular weight excluding hydrogens is 377 g/mol. The molecule has 2 N–H and O–H groups in total. The molecule has 0 aliphatic carbocycles. The number of hydrogen-bond acceptors (Lipinski definition) is 4. The zero-order valence-electron chi connectivity index (χ0n) is 15.6. The van der Waals surface area contributed by atoms with Crippen LogP contribution in [0.5, 0.6) is 0 Å². The van der Waals surface area contributed by atoms with Gasteiger partial charge in [-0.3, -0.25) is 4.79 Å².